The quantitative estimate of drug-likeness (QED) is 0.678. The Morgan fingerprint density at radius 1 is 1.36 bits per heavy atom. The van der Waals surface area contributed by atoms with Gasteiger partial charge in [-0.25, -0.2) is 4.98 Å². The first-order valence-corrected chi connectivity index (χ1v) is 4.61. The number of aromatic nitrogens is 1. The molecule has 0 saturated heterocycles. The van der Waals surface area contributed by atoms with Crippen LogP contribution < -0.4 is 10.6 Å². The van der Waals surface area contributed by atoms with Gasteiger partial charge in [0.15, 0.2) is 0 Å². The molecule has 1 aromatic rings. The van der Waals surface area contributed by atoms with Crippen molar-refractivity contribution < 1.29 is 5.11 Å². The number of pyridine rings is 1. The molecule has 3 N–H and O–H groups in total. The average Bonchev–Trinajstić information content (AvgIpc) is 2.17. The summed E-state index contributed by atoms with van der Waals surface area (Å²) in [5.41, 5.74) is -0.348. The third-order valence-electron chi connectivity index (χ3n) is 1.87. The van der Waals surface area contributed by atoms with Gasteiger partial charge in [-0.15, -0.1) is 0 Å². The lowest BCUT2D eigenvalue weighted by atomic mass is 10.1. The van der Waals surface area contributed by atoms with Crippen LogP contribution in [-0.2, 0) is 0 Å². The zero-order chi connectivity index (χ0) is 10.6. The maximum atomic E-state index is 9.08. The Labute approximate surface area is 84.4 Å². The van der Waals surface area contributed by atoms with E-state index >= 15 is 0 Å². The van der Waals surface area contributed by atoms with Crippen LogP contribution in [0.5, 0.6) is 0 Å². The molecule has 0 bridgehead atoms. The molecule has 0 fully saturated rings. The Balaban J connectivity index is 2.76. The van der Waals surface area contributed by atoms with E-state index in [0.717, 1.165) is 11.6 Å². The fraction of sp³-hybridized carbons (Fsp3) is 0.500. The zero-order valence-corrected chi connectivity index (χ0v) is 8.83. The molecular formula is C10H17N3O. The molecule has 0 radical (unpaired) electrons. The Bertz CT molecular complexity index is 299. The summed E-state index contributed by atoms with van der Waals surface area (Å²) in [6, 6.07) is 5.67. The topological polar surface area (TPSA) is 57.2 Å². The van der Waals surface area contributed by atoms with E-state index < -0.39 is 0 Å². The lowest BCUT2D eigenvalue weighted by Gasteiger charge is -2.24. The van der Waals surface area contributed by atoms with Gasteiger partial charge in [0.1, 0.15) is 11.6 Å². The van der Waals surface area contributed by atoms with Gasteiger partial charge >= 0.3 is 0 Å². The van der Waals surface area contributed by atoms with Gasteiger partial charge < -0.3 is 15.7 Å². The number of aliphatic hydroxyl groups is 1. The van der Waals surface area contributed by atoms with Crippen LogP contribution in [0.25, 0.3) is 0 Å². The average molecular weight is 195 g/mol. The molecule has 1 aromatic heterocycles. The number of nitrogens with one attached hydrogen (secondary N) is 2. The van der Waals surface area contributed by atoms with Crippen molar-refractivity contribution in [1.29, 1.82) is 0 Å². The highest BCUT2D eigenvalue weighted by atomic mass is 16.3. The maximum Gasteiger partial charge on any atom is 0.128 e. The second-order valence-corrected chi connectivity index (χ2v) is 3.83. The van der Waals surface area contributed by atoms with Crippen LogP contribution in [0.1, 0.15) is 13.8 Å². The van der Waals surface area contributed by atoms with Crippen LogP contribution in [0, 0.1) is 0 Å². The van der Waals surface area contributed by atoms with E-state index in [0.29, 0.717) is 0 Å². The smallest absolute Gasteiger partial charge is 0.128 e. The summed E-state index contributed by atoms with van der Waals surface area (Å²) in [7, 11) is 1.82. The van der Waals surface area contributed by atoms with Gasteiger partial charge in [0, 0.05) is 7.05 Å². The molecule has 0 aliphatic heterocycles. The zero-order valence-electron chi connectivity index (χ0n) is 8.83. The Hall–Kier alpha value is -1.29. The third-order valence-corrected chi connectivity index (χ3v) is 1.87. The second kappa shape index (κ2) is 4.28. The minimum absolute atomic E-state index is 0.0679. The summed E-state index contributed by atoms with van der Waals surface area (Å²) >= 11 is 0. The van der Waals surface area contributed by atoms with Crippen molar-refractivity contribution >= 4 is 11.6 Å². The summed E-state index contributed by atoms with van der Waals surface area (Å²) in [6.45, 7) is 3.90. The molecule has 0 spiro atoms. The Kier molecular flexibility index (Phi) is 3.30. The van der Waals surface area contributed by atoms with Gasteiger partial charge in [0.2, 0.25) is 0 Å². The van der Waals surface area contributed by atoms with Gasteiger partial charge in [0.25, 0.3) is 0 Å². The van der Waals surface area contributed by atoms with Crippen molar-refractivity contribution in [3.05, 3.63) is 18.2 Å². The fourth-order valence-corrected chi connectivity index (χ4v) is 1.03. The van der Waals surface area contributed by atoms with Crippen molar-refractivity contribution in [3.8, 4) is 0 Å². The summed E-state index contributed by atoms with van der Waals surface area (Å²) in [4.78, 5) is 4.29. The highest BCUT2D eigenvalue weighted by molar-refractivity contribution is 5.45. The molecule has 0 aromatic carbocycles. The van der Waals surface area contributed by atoms with E-state index in [-0.39, 0.29) is 12.1 Å². The molecule has 0 unspecified atom stereocenters. The van der Waals surface area contributed by atoms with E-state index in [9.17, 15) is 0 Å². The third kappa shape index (κ3) is 2.88. The first-order chi connectivity index (χ1) is 6.57. The molecule has 0 amide bonds. The molecule has 0 atom stereocenters. The van der Waals surface area contributed by atoms with Crippen molar-refractivity contribution in [2.45, 2.75) is 19.4 Å². The van der Waals surface area contributed by atoms with E-state index in [1.807, 2.05) is 39.1 Å². The summed E-state index contributed by atoms with van der Waals surface area (Å²) in [5, 5.41) is 15.2. The minimum atomic E-state index is -0.348. The molecule has 0 aliphatic carbocycles. The van der Waals surface area contributed by atoms with Crippen LogP contribution in [-0.4, -0.2) is 29.3 Å². The van der Waals surface area contributed by atoms with E-state index in [4.69, 9.17) is 5.11 Å². The summed E-state index contributed by atoms with van der Waals surface area (Å²) in [6.07, 6.45) is 0. The SMILES string of the molecule is CNc1cccc(NC(C)(C)CO)n1. The van der Waals surface area contributed by atoms with Crippen LogP contribution in [0.2, 0.25) is 0 Å². The van der Waals surface area contributed by atoms with Crippen LogP contribution in [0.15, 0.2) is 18.2 Å². The molecule has 0 saturated carbocycles. The molecule has 14 heavy (non-hydrogen) atoms. The highest BCUT2D eigenvalue weighted by Gasteiger charge is 2.15. The lowest BCUT2D eigenvalue weighted by Crippen LogP contribution is -2.35. The van der Waals surface area contributed by atoms with Crippen molar-refractivity contribution in [3.63, 3.8) is 0 Å². The Morgan fingerprint density at radius 2 is 2.00 bits per heavy atom. The molecule has 4 nitrogen and oxygen atoms in total. The number of nitrogens with zero attached hydrogens (tertiary/aromatic N) is 1. The molecule has 1 heterocycles. The maximum absolute atomic E-state index is 9.08. The molecule has 1 rings (SSSR count). The van der Waals surface area contributed by atoms with Gasteiger partial charge in [0.05, 0.1) is 12.1 Å². The Morgan fingerprint density at radius 3 is 2.57 bits per heavy atom. The standard InChI is InChI=1S/C10H17N3O/c1-10(2,7-14)13-9-6-4-5-8(11-3)12-9/h4-6,14H,7H2,1-3H3,(H2,11,12,13). The van der Waals surface area contributed by atoms with Gasteiger partial charge in [-0.05, 0) is 26.0 Å². The monoisotopic (exact) mass is 195 g/mol. The number of hydrogen-bond acceptors (Lipinski definition) is 4. The number of aliphatic hydroxyl groups excluding tert-OH is 1. The number of anilines is 2. The van der Waals surface area contributed by atoms with Crippen LogP contribution >= 0.6 is 0 Å². The summed E-state index contributed by atoms with van der Waals surface area (Å²) in [5.74, 6) is 1.57. The molecular weight excluding hydrogens is 178 g/mol. The van der Waals surface area contributed by atoms with E-state index in [2.05, 4.69) is 15.6 Å². The predicted octanol–water partition coefficient (Wildman–Crippen LogP) is 1.31. The minimum Gasteiger partial charge on any atom is -0.394 e. The molecule has 78 valence electrons. The van der Waals surface area contributed by atoms with E-state index in [1.165, 1.54) is 0 Å². The van der Waals surface area contributed by atoms with Crippen molar-refractivity contribution in [2.75, 3.05) is 24.3 Å². The second-order valence-electron chi connectivity index (χ2n) is 3.83. The van der Waals surface area contributed by atoms with Gasteiger partial charge in [-0.2, -0.15) is 0 Å². The van der Waals surface area contributed by atoms with Crippen LogP contribution in [0.3, 0.4) is 0 Å². The van der Waals surface area contributed by atoms with Gasteiger partial charge in [-0.1, -0.05) is 6.07 Å². The predicted molar refractivity (Wildman–Crippen MR) is 58.6 cm³/mol. The van der Waals surface area contributed by atoms with Gasteiger partial charge in [-0.3, -0.25) is 0 Å². The summed E-state index contributed by atoms with van der Waals surface area (Å²) < 4.78 is 0. The van der Waals surface area contributed by atoms with E-state index in [1.54, 1.807) is 0 Å². The van der Waals surface area contributed by atoms with Crippen molar-refractivity contribution in [2.24, 2.45) is 0 Å². The fourth-order valence-electron chi connectivity index (χ4n) is 1.03. The molecule has 4 heteroatoms. The number of hydrogen-bond donors (Lipinski definition) is 3. The van der Waals surface area contributed by atoms with Crippen LogP contribution in [0.4, 0.5) is 11.6 Å². The normalized spacial score (nSPS) is 11.1. The lowest BCUT2D eigenvalue weighted by molar-refractivity contribution is 0.234. The first kappa shape index (κ1) is 10.8. The number of rotatable bonds is 4. The molecule has 0 aliphatic rings. The largest absolute Gasteiger partial charge is 0.394 e. The first-order valence-electron chi connectivity index (χ1n) is 4.61. The highest BCUT2D eigenvalue weighted by Crippen LogP contribution is 2.14. The van der Waals surface area contributed by atoms with Crippen molar-refractivity contribution in [1.82, 2.24) is 4.98 Å².